The number of hydrogen-bond acceptors (Lipinski definition) is 4. The fourth-order valence-electron chi connectivity index (χ4n) is 12.9. The standard InChI is InChI=1S/C39H63NO4/c1-24(2)26-14-19-39(40-23-25-10-11-25)21-20-37(8)27(32(26)39)12-13-29-36(7)17-16-30(44-31(41)22-34(3,4)33(42)43)35(5,6)28(36)15-18-38(29,37)9/h25-30,32,40H,1,10-23H2,2-9H3,(H,42,43)/t26-,27+,28?,29?,30-,32?,36-,37+,38+,39-/m0/s1. The van der Waals surface area contributed by atoms with Gasteiger partial charge >= 0.3 is 11.9 Å². The first-order valence-corrected chi connectivity index (χ1v) is 18.2. The van der Waals surface area contributed by atoms with Gasteiger partial charge in [-0.15, -0.1) is 0 Å². The van der Waals surface area contributed by atoms with E-state index in [0.717, 1.165) is 24.7 Å². The molecule has 6 aliphatic carbocycles. The van der Waals surface area contributed by atoms with E-state index >= 15 is 0 Å². The number of nitrogens with one attached hydrogen (secondary N) is 1. The van der Waals surface area contributed by atoms with E-state index in [2.05, 4.69) is 53.4 Å². The summed E-state index contributed by atoms with van der Waals surface area (Å²) in [6.45, 7) is 24.0. The monoisotopic (exact) mass is 609 g/mol. The van der Waals surface area contributed by atoms with Crippen LogP contribution in [0.25, 0.3) is 0 Å². The fraction of sp³-hybridized carbons (Fsp3) is 0.897. The van der Waals surface area contributed by atoms with Crippen molar-refractivity contribution in [2.75, 3.05) is 6.54 Å². The van der Waals surface area contributed by atoms with Crippen LogP contribution in [0, 0.1) is 62.6 Å². The molecule has 6 rings (SSSR count). The van der Waals surface area contributed by atoms with Crippen LogP contribution in [-0.2, 0) is 14.3 Å². The van der Waals surface area contributed by atoms with Gasteiger partial charge in [0.2, 0.25) is 0 Å². The summed E-state index contributed by atoms with van der Waals surface area (Å²) in [5, 5.41) is 13.8. The molecular weight excluding hydrogens is 546 g/mol. The van der Waals surface area contributed by atoms with Crippen LogP contribution in [0.1, 0.15) is 139 Å². The third kappa shape index (κ3) is 4.78. The predicted molar refractivity (Wildman–Crippen MR) is 176 cm³/mol. The molecule has 0 aromatic carbocycles. The highest BCUT2D eigenvalue weighted by molar-refractivity contribution is 5.81. The topological polar surface area (TPSA) is 75.6 Å². The van der Waals surface area contributed by atoms with Crippen LogP contribution in [-0.4, -0.2) is 35.2 Å². The largest absolute Gasteiger partial charge is 0.481 e. The molecule has 248 valence electrons. The van der Waals surface area contributed by atoms with Crippen molar-refractivity contribution in [1.82, 2.24) is 5.32 Å². The second kappa shape index (κ2) is 10.6. The Kier molecular flexibility index (Phi) is 7.83. The minimum atomic E-state index is -1.11. The summed E-state index contributed by atoms with van der Waals surface area (Å²) in [6.07, 6.45) is 14.9. The smallest absolute Gasteiger partial charge is 0.309 e. The number of allylic oxidation sites excluding steroid dienone is 1. The number of esters is 1. The molecule has 0 bridgehead atoms. The van der Waals surface area contributed by atoms with Crippen LogP contribution in [0.2, 0.25) is 0 Å². The van der Waals surface area contributed by atoms with Crippen LogP contribution in [0.3, 0.4) is 0 Å². The first-order chi connectivity index (χ1) is 20.4. The quantitative estimate of drug-likeness (QED) is 0.212. The number of rotatable bonds is 8. The van der Waals surface area contributed by atoms with E-state index in [1.165, 1.54) is 76.3 Å². The molecule has 0 radical (unpaired) electrons. The Hall–Kier alpha value is -1.36. The minimum Gasteiger partial charge on any atom is -0.481 e. The number of aliphatic carboxylic acids is 1. The van der Waals surface area contributed by atoms with Crippen molar-refractivity contribution in [2.45, 2.75) is 151 Å². The molecule has 0 aromatic rings. The molecule has 2 N–H and O–H groups in total. The Morgan fingerprint density at radius 3 is 2.20 bits per heavy atom. The van der Waals surface area contributed by atoms with Crippen molar-refractivity contribution in [3.63, 3.8) is 0 Å². The van der Waals surface area contributed by atoms with Crippen LogP contribution in [0.4, 0.5) is 0 Å². The van der Waals surface area contributed by atoms with Gasteiger partial charge in [-0.1, -0.05) is 46.8 Å². The number of carboxylic acids is 1. The second-order valence-electron chi connectivity index (χ2n) is 18.9. The zero-order chi connectivity index (χ0) is 32.1. The first-order valence-electron chi connectivity index (χ1n) is 18.2. The molecule has 0 amide bonds. The lowest BCUT2D eigenvalue weighted by molar-refractivity contribution is -0.246. The number of carboxylic acid groups (broad SMARTS) is 1. The van der Waals surface area contributed by atoms with E-state index in [-0.39, 0.29) is 29.3 Å². The molecule has 44 heavy (non-hydrogen) atoms. The highest BCUT2D eigenvalue weighted by atomic mass is 16.5. The van der Waals surface area contributed by atoms with E-state index in [1.54, 1.807) is 13.8 Å². The Bertz CT molecular complexity index is 1190. The van der Waals surface area contributed by atoms with Crippen molar-refractivity contribution in [3.8, 4) is 0 Å². The molecule has 5 nitrogen and oxygen atoms in total. The van der Waals surface area contributed by atoms with Crippen LogP contribution in [0.5, 0.6) is 0 Å². The zero-order valence-electron chi connectivity index (χ0n) is 29.3. The van der Waals surface area contributed by atoms with Gasteiger partial charge in [-0.3, -0.25) is 9.59 Å². The molecule has 10 atom stereocenters. The number of hydrogen-bond donors (Lipinski definition) is 2. The number of fused-ring (bicyclic) bond motifs is 7. The molecule has 0 aliphatic heterocycles. The third-order valence-corrected chi connectivity index (χ3v) is 15.9. The van der Waals surface area contributed by atoms with Crippen molar-refractivity contribution >= 4 is 11.9 Å². The highest BCUT2D eigenvalue weighted by Gasteiger charge is 2.71. The Balaban J connectivity index is 1.25. The van der Waals surface area contributed by atoms with Crippen molar-refractivity contribution in [2.24, 2.45) is 62.6 Å². The van der Waals surface area contributed by atoms with Gasteiger partial charge in [0, 0.05) is 11.0 Å². The molecule has 0 saturated heterocycles. The van der Waals surface area contributed by atoms with E-state index in [1.807, 2.05) is 0 Å². The van der Waals surface area contributed by atoms with E-state index in [0.29, 0.717) is 40.0 Å². The maximum Gasteiger partial charge on any atom is 0.309 e. The van der Waals surface area contributed by atoms with Gasteiger partial charge in [0.25, 0.3) is 0 Å². The highest BCUT2D eigenvalue weighted by Crippen LogP contribution is 2.76. The van der Waals surface area contributed by atoms with Gasteiger partial charge in [0.05, 0.1) is 11.8 Å². The number of carbonyl (C=O) groups is 2. The molecule has 0 aromatic heterocycles. The maximum absolute atomic E-state index is 13.0. The Morgan fingerprint density at radius 2 is 1.57 bits per heavy atom. The lowest BCUT2D eigenvalue weighted by Gasteiger charge is -2.73. The molecular formula is C39H63NO4. The van der Waals surface area contributed by atoms with Crippen molar-refractivity contribution < 1.29 is 19.4 Å². The molecule has 5 heteroatoms. The summed E-state index contributed by atoms with van der Waals surface area (Å²) < 4.78 is 6.17. The summed E-state index contributed by atoms with van der Waals surface area (Å²) in [6, 6.07) is 0. The normalized spacial score (nSPS) is 46.2. The number of ether oxygens (including phenoxy) is 1. The minimum absolute atomic E-state index is 0.0827. The third-order valence-electron chi connectivity index (χ3n) is 15.9. The molecule has 0 heterocycles. The SMILES string of the molecule is C=C(C)[C@@H]1CC[C@]2(NCC3CC3)CC[C@]3(C)[C@H](CCC4[C@@]5(C)CC[C@H](OC(=O)CC(C)(C)C(=O)O)C(C)(C)C5CC[C@]43C)C12. The van der Waals surface area contributed by atoms with Gasteiger partial charge in [-0.2, -0.15) is 0 Å². The maximum atomic E-state index is 13.0. The van der Waals surface area contributed by atoms with Gasteiger partial charge in [0.15, 0.2) is 0 Å². The predicted octanol–water partition coefficient (Wildman–Crippen LogP) is 8.81. The van der Waals surface area contributed by atoms with Crippen LogP contribution in [0.15, 0.2) is 12.2 Å². The molecule has 0 spiro atoms. The Labute approximate surface area is 268 Å². The summed E-state index contributed by atoms with van der Waals surface area (Å²) in [5.74, 6) is 2.86. The molecule has 3 unspecified atom stereocenters. The average Bonchev–Trinajstić information content (AvgIpc) is 3.67. The molecule has 6 saturated carbocycles. The molecule has 6 fully saturated rings. The summed E-state index contributed by atoms with van der Waals surface area (Å²) >= 11 is 0. The number of carbonyl (C=O) groups excluding carboxylic acids is 1. The molecule has 6 aliphatic rings. The van der Waals surface area contributed by atoms with Gasteiger partial charge in [-0.05, 0) is 156 Å². The lowest BCUT2D eigenvalue weighted by atomic mass is 9.32. The second-order valence-corrected chi connectivity index (χ2v) is 18.9. The summed E-state index contributed by atoms with van der Waals surface area (Å²) in [4.78, 5) is 24.7. The van der Waals surface area contributed by atoms with Gasteiger partial charge < -0.3 is 15.2 Å². The van der Waals surface area contributed by atoms with E-state index < -0.39 is 11.4 Å². The first kappa shape index (κ1) is 32.6. The van der Waals surface area contributed by atoms with Crippen molar-refractivity contribution in [3.05, 3.63) is 12.2 Å². The zero-order valence-corrected chi connectivity index (χ0v) is 29.3. The van der Waals surface area contributed by atoms with E-state index in [9.17, 15) is 14.7 Å². The summed E-state index contributed by atoms with van der Waals surface area (Å²) in [7, 11) is 0. The van der Waals surface area contributed by atoms with Gasteiger partial charge in [0.1, 0.15) is 6.10 Å². The van der Waals surface area contributed by atoms with Crippen LogP contribution >= 0.6 is 0 Å². The fourth-order valence-corrected chi connectivity index (χ4v) is 12.9. The van der Waals surface area contributed by atoms with Crippen molar-refractivity contribution in [1.29, 1.82) is 0 Å². The summed E-state index contributed by atoms with van der Waals surface area (Å²) in [5.41, 5.74) is 1.32. The van der Waals surface area contributed by atoms with Crippen LogP contribution < -0.4 is 5.32 Å². The van der Waals surface area contributed by atoms with E-state index in [4.69, 9.17) is 4.74 Å². The lowest BCUT2D eigenvalue weighted by Crippen LogP contribution is -2.69. The van der Waals surface area contributed by atoms with Gasteiger partial charge in [-0.25, -0.2) is 0 Å². The average molecular weight is 610 g/mol. The Morgan fingerprint density at radius 1 is 0.864 bits per heavy atom.